The van der Waals surface area contributed by atoms with Crippen molar-refractivity contribution in [3.05, 3.63) is 63.6 Å². The second-order valence-corrected chi connectivity index (χ2v) is 7.66. The van der Waals surface area contributed by atoms with Crippen LogP contribution in [0.4, 0.5) is 0 Å². The highest BCUT2D eigenvalue weighted by Crippen LogP contribution is 2.27. The summed E-state index contributed by atoms with van der Waals surface area (Å²) in [6, 6.07) is 11.5. The number of nitrogens with zero attached hydrogens (tertiary/aromatic N) is 1. The fourth-order valence-corrected chi connectivity index (χ4v) is 4.06. The van der Waals surface area contributed by atoms with Crippen molar-refractivity contribution in [3.8, 4) is 5.75 Å². The maximum atomic E-state index is 12.9. The summed E-state index contributed by atoms with van der Waals surface area (Å²) < 4.78 is 5.37. The highest BCUT2D eigenvalue weighted by atomic mass is 35.5. The van der Waals surface area contributed by atoms with Gasteiger partial charge in [-0.25, -0.2) is 0 Å². The average molecular weight is 421 g/mol. The zero-order valence-electron chi connectivity index (χ0n) is 15.7. The molecule has 0 spiro atoms. The van der Waals surface area contributed by atoms with Gasteiger partial charge in [-0.3, -0.25) is 9.59 Å². The maximum Gasteiger partial charge on any atom is 0.254 e. The molecule has 0 unspecified atom stereocenters. The van der Waals surface area contributed by atoms with Crippen molar-refractivity contribution in [2.24, 2.45) is 0 Å². The molecule has 1 aliphatic rings. The Morgan fingerprint density at radius 2 is 1.86 bits per heavy atom. The molecule has 2 amide bonds. The fourth-order valence-electron chi connectivity index (χ4n) is 3.54. The summed E-state index contributed by atoms with van der Waals surface area (Å²) in [5, 5.41) is 3.79. The number of hydrogen-bond donors (Lipinski definition) is 1. The summed E-state index contributed by atoms with van der Waals surface area (Å²) >= 11 is 12.0. The first-order valence-corrected chi connectivity index (χ1v) is 9.86. The van der Waals surface area contributed by atoms with Crippen molar-refractivity contribution in [2.45, 2.75) is 31.8 Å². The van der Waals surface area contributed by atoms with Crippen molar-refractivity contribution >= 4 is 35.0 Å². The molecule has 1 saturated heterocycles. The van der Waals surface area contributed by atoms with Gasteiger partial charge in [0.15, 0.2) is 0 Å². The van der Waals surface area contributed by atoms with Crippen LogP contribution in [0.3, 0.4) is 0 Å². The van der Waals surface area contributed by atoms with Gasteiger partial charge in [-0.15, -0.1) is 0 Å². The molecule has 1 aliphatic heterocycles. The first-order chi connectivity index (χ1) is 13.4. The Hall–Kier alpha value is -2.24. The van der Waals surface area contributed by atoms with E-state index < -0.39 is 6.04 Å². The molecule has 148 valence electrons. The predicted molar refractivity (Wildman–Crippen MR) is 110 cm³/mol. The Labute approximate surface area is 174 Å². The van der Waals surface area contributed by atoms with Crippen LogP contribution in [-0.4, -0.2) is 36.4 Å². The Bertz CT molecular complexity index is 867. The van der Waals surface area contributed by atoms with Crippen molar-refractivity contribution in [1.29, 1.82) is 0 Å². The van der Waals surface area contributed by atoms with Gasteiger partial charge in [0.05, 0.1) is 13.2 Å². The number of ether oxygens (including phenoxy) is 1. The molecule has 0 bridgehead atoms. The molecule has 2 aromatic rings. The van der Waals surface area contributed by atoms with E-state index in [2.05, 4.69) is 5.32 Å². The van der Waals surface area contributed by atoms with E-state index in [-0.39, 0.29) is 17.9 Å². The number of carbonyl (C=O) groups excluding carboxylic acids is 2. The summed E-state index contributed by atoms with van der Waals surface area (Å²) in [7, 11) is 1.60. The van der Waals surface area contributed by atoms with Crippen LogP contribution in [0.5, 0.6) is 5.75 Å². The summed E-state index contributed by atoms with van der Waals surface area (Å²) in [5.41, 5.74) is 1.27. The largest absolute Gasteiger partial charge is 0.496 e. The van der Waals surface area contributed by atoms with Crippen LogP contribution in [0.2, 0.25) is 10.0 Å². The lowest BCUT2D eigenvalue weighted by atomic mass is 10.1. The minimum atomic E-state index is -0.526. The summed E-state index contributed by atoms with van der Waals surface area (Å²) in [4.78, 5) is 27.4. The number of nitrogens with one attached hydrogen (secondary N) is 1. The van der Waals surface area contributed by atoms with Gasteiger partial charge in [-0.1, -0.05) is 41.4 Å². The molecule has 3 rings (SSSR count). The van der Waals surface area contributed by atoms with Crippen molar-refractivity contribution in [2.75, 3.05) is 13.7 Å². The van der Waals surface area contributed by atoms with Crippen molar-refractivity contribution in [1.82, 2.24) is 10.2 Å². The number of methoxy groups -OCH3 is 1. The molecule has 1 N–H and O–H groups in total. The third-order valence-electron chi connectivity index (χ3n) is 4.89. The third-order valence-corrected chi connectivity index (χ3v) is 5.33. The molecule has 7 heteroatoms. The van der Waals surface area contributed by atoms with E-state index >= 15 is 0 Å². The van der Waals surface area contributed by atoms with E-state index in [0.29, 0.717) is 34.3 Å². The topological polar surface area (TPSA) is 58.6 Å². The van der Waals surface area contributed by atoms with Crippen LogP contribution in [0.25, 0.3) is 0 Å². The zero-order valence-corrected chi connectivity index (χ0v) is 17.3. The Balaban J connectivity index is 1.74. The summed E-state index contributed by atoms with van der Waals surface area (Å²) in [5.74, 6) is 0.285. The van der Waals surface area contributed by atoms with Crippen LogP contribution in [-0.2, 0) is 4.79 Å². The van der Waals surface area contributed by atoms with Gasteiger partial charge in [-0.05, 0) is 44.0 Å². The second-order valence-electron chi connectivity index (χ2n) is 6.79. The first-order valence-electron chi connectivity index (χ1n) is 9.11. The lowest BCUT2D eigenvalue weighted by Gasteiger charge is -2.26. The summed E-state index contributed by atoms with van der Waals surface area (Å²) in [6.07, 6.45) is 1.38. The molecule has 0 radical (unpaired) electrons. The second kappa shape index (κ2) is 8.84. The van der Waals surface area contributed by atoms with Crippen LogP contribution in [0.1, 0.15) is 41.7 Å². The van der Waals surface area contributed by atoms with Crippen LogP contribution in [0, 0.1) is 0 Å². The SMILES string of the molecule is COc1ccccc1[C@H](C)NC(=O)[C@@H]1CCCN1C(=O)c1cc(Cl)cc(Cl)c1. The molecular weight excluding hydrogens is 399 g/mol. The zero-order chi connectivity index (χ0) is 20.3. The van der Waals surface area contributed by atoms with Gasteiger partial charge in [-0.2, -0.15) is 0 Å². The Kier molecular flexibility index (Phi) is 6.47. The van der Waals surface area contributed by atoms with E-state index in [1.807, 2.05) is 31.2 Å². The molecule has 0 aliphatic carbocycles. The smallest absolute Gasteiger partial charge is 0.254 e. The van der Waals surface area contributed by atoms with Gasteiger partial charge in [0.25, 0.3) is 5.91 Å². The van der Waals surface area contributed by atoms with Crippen LogP contribution < -0.4 is 10.1 Å². The van der Waals surface area contributed by atoms with E-state index in [9.17, 15) is 9.59 Å². The lowest BCUT2D eigenvalue weighted by molar-refractivity contribution is -0.125. The quantitative estimate of drug-likeness (QED) is 0.775. The van der Waals surface area contributed by atoms with E-state index in [4.69, 9.17) is 27.9 Å². The molecule has 1 heterocycles. The highest BCUT2D eigenvalue weighted by Gasteiger charge is 2.35. The lowest BCUT2D eigenvalue weighted by Crippen LogP contribution is -2.46. The molecule has 0 aromatic heterocycles. The number of benzene rings is 2. The number of halogens is 2. The molecular formula is C21H22Cl2N2O3. The van der Waals surface area contributed by atoms with Gasteiger partial charge >= 0.3 is 0 Å². The molecule has 5 nitrogen and oxygen atoms in total. The number of para-hydroxylation sites is 1. The predicted octanol–water partition coefficient (Wildman–Crippen LogP) is 4.48. The van der Waals surface area contributed by atoms with Crippen molar-refractivity contribution < 1.29 is 14.3 Å². The number of likely N-dealkylation sites (tertiary alicyclic amines) is 1. The normalized spacial score (nSPS) is 17.3. The minimum Gasteiger partial charge on any atom is -0.496 e. The van der Waals surface area contributed by atoms with Gasteiger partial charge in [0, 0.05) is 27.7 Å². The van der Waals surface area contributed by atoms with Gasteiger partial charge in [0.2, 0.25) is 5.91 Å². The maximum absolute atomic E-state index is 12.9. The standard InChI is InChI=1S/C21H22Cl2N2O3/c1-13(17-6-3-4-8-19(17)28-2)24-20(26)18-7-5-9-25(18)21(27)14-10-15(22)12-16(23)11-14/h3-4,6,8,10-13,18H,5,7,9H2,1-2H3,(H,24,26)/t13-,18-/m0/s1. The van der Waals surface area contributed by atoms with E-state index in [1.54, 1.807) is 30.2 Å². The van der Waals surface area contributed by atoms with E-state index in [0.717, 1.165) is 12.0 Å². The number of amides is 2. The van der Waals surface area contributed by atoms with E-state index in [1.165, 1.54) is 0 Å². The fraction of sp³-hybridized carbons (Fsp3) is 0.333. The minimum absolute atomic E-state index is 0.183. The molecule has 2 atom stereocenters. The monoisotopic (exact) mass is 420 g/mol. The third kappa shape index (κ3) is 4.42. The Morgan fingerprint density at radius 1 is 1.18 bits per heavy atom. The number of rotatable bonds is 5. The van der Waals surface area contributed by atoms with Crippen molar-refractivity contribution in [3.63, 3.8) is 0 Å². The Morgan fingerprint density at radius 3 is 2.54 bits per heavy atom. The van der Waals surface area contributed by atoms with Crippen LogP contribution in [0.15, 0.2) is 42.5 Å². The van der Waals surface area contributed by atoms with Gasteiger partial charge < -0.3 is 15.0 Å². The molecule has 0 saturated carbocycles. The first kappa shape index (κ1) is 20.5. The van der Waals surface area contributed by atoms with Crippen LogP contribution >= 0.6 is 23.2 Å². The molecule has 28 heavy (non-hydrogen) atoms. The summed E-state index contributed by atoms with van der Waals surface area (Å²) in [6.45, 7) is 2.41. The number of carbonyl (C=O) groups is 2. The highest BCUT2D eigenvalue weighted by molar-refractivity contribution is 6.35. The average Bonchev–Trinajstić information content (AvgIpc) is 3.16. The van der Waals surface area contributed by atoms with Gasteiger partial charge in [0.1, 0.15) is 11.8 Å². The molecule has 1 fully saturated rings. The number of hydrogen-bond acceptors (Lipinski definition) is 3. The molecule has 2 aromatic carbocycles.